The van der Waals surface area contributed by atoms with Gasteiger partial charge in [0.2, 0.25) is 5.91 Å². The van der Waals surface area contributed by atoms with E-state index in [1.165, 1.54) is 0 Å². The van der Waals surface area contributed by atoms with E-state index in [1.54, 1.807) is 0 Å². The van der Waals surface area contributed by atoms with Gasteiger partial charge in [0.15, 0.2) is 12.4 Å². The second-order valence-electron chi connectivity index (χ2n) is 3.49. The average molecular weight is 235 g/mol. The van der Waals surface area contributed by atoms with Gasteiger partial charge in [0.25, 0.3) is 0 Å². The summed E-state index contributed by atoms with van der Waals surface area (Å²) >= 11 is 0. The summed E-state index contributed by atoms with van der Waals surface area (Å²) in [4.78, 5) is 21.3. The first-order valence-corrected chi connectivity index (χ1v) is 4.54. The van der Waals surface area contributed by atoms with Gasteiger partial charge in [-0.2, -0.15) is 0 Å². The Balaban J connectivity index is 2.79. The van der Waals surface area contributed by atoms with Gasteiger partial charge in [-0.15, -0.1) is 0 Å². The molecule has 92 valence electrons. The molecule has 0 unspecified atom stereocenters. The Bertz CT molecular complexity index is 294. The van der Waals surface area contributed by atoms with Gasteiger partial charge in [-0.05, 0) is 0 Å². The third-order valence-corrected chi connectivity index (χ3v) is 2.23. The van der Waals surface area contributed by atoms with Crippen molar-refractivity contribution in [1.29, 1.82) is 0 Å². The highest BCUT2D eigenvalue weighted by molar-refractivity contribution is 5.74. The smallest absolute Gasteiger partial charge is 0.335 e. The maximum absolute atomic E-state index is 10.7. The minimum absolute atomic E-state index is 0.548. The summed E-state index contributed by atoms with van der Waals surface area (Å²) in [5, 5.41) is 39.0. The normalized spacial score (nSPS) is 39.1. The molecule has 16 heavy (non-hydrogen) atoms. The summed E-state index contributed by atoms with van der Waals surface area (Å²) in [5.74, 6) is -2.06. The molecule has 5 N–H and O–H groups in total. The number of carboxylic acid groups (broad SMARTS) is 1. The molecule has 0 aliphatic carbocycles. The molecular formula is C8H13NO7. The van der Waals surface area contributed by atoms with Crippen molar-refractivity contribution in [1.82, 2.24) is 5.32 Å². The van der Waals surface area contributed by atoms with Crippen LogP contribution in [0.4, 0.5) is 0 Å². The zero-order valence-electron chi connectivity index (χ0n) is 8.40. The minimum atomic E-state index is -1.73. The summed E-state index contributed by atoms with van der Waals surface area (Å²) in [7, 11) is 0. The third kappa shape index (κ3) is 2.47. The van der Waals surface area contributed by atoms with Crippen LogP contribution in [0.3, 0.4) is 0 Å². The quantitative estimate of drug-likeness (QED) is 0.344. The number of ether oxygens (including phenoxy) is 1. The van der Waals surface area contributed by atoms with Gasteiger partial charge in [0.05, 0.1) is 0 Å². The molecular weight excluding hydrogens is 222 g/mol. The molecule has 0 bridgehead atoms. The zero-order chi connectivity index (χ0) is 12.5. The lowest BCUT2D eigenvalue weighted by Crippen LogP contribution is -2.64. The highest BCUT2D eigenvalue weighted by atomic mass is 16.6. The molecule has 8 nitrogen and oxygen atoms in total. The molecule has 0 spiro atoms. The van der Waals surface area contributed by atoms with Gasteiger partial charge < -0.3 is 30.5 Å². The summed E-state index contributed by atoms with van der Waals surface area (Å²) in [5.41, 5.74) is 0. The van der Waals surface area contributed by atoms with Gasteiger partial charge >= 0.3 is 5.97 Å². The van der Waals surface area contributed by atoms with Crippen molar-refractivity contribution >= 4 is 11.9 Å². The third-order valence-electron chi connectivity index (χ3n) is 2.23. The molecule has 0 aromatic carbocycles. The van der Waals surface area contributed by atoms with Crippen LogP contribution >= 0.6 is 0 Å². The second-order valence-corrected chi connectivity index (χ2v) is 3.49. The Hall–Kier alpha value is -1.22. The van der Waals surface area contributed by atoms with Gasteiger partial charge in [0.1, 0.15) is 18.2 Å². The van der Waals surface area contributed by atoms with Crippen LogP contribution in [0.1, 0.15) is 6.92 Å². The predicted molar refractivity (Wildman–Crippen MR) is 48.1 cm³/mol. The highest BCUT2D eigenvalue weighted by Gasteiger charge is 2.47. The fraction of sp³-hybridized carbons (Fsp3) is 0.750. The molecule has 8 heteroatoms. The molecule has 0 saturated carbocycles. The van der Waals surface area contributed by atoms with E-state index < -0.39 is 42.5 Å². The van der Waals surface area contributed by atoms with Crippen LogP contribution in [-0.2, 0) is 14.3 Å². The lowest BCUT2D eigenvalue weighted by atomic mass is 9.97. The number of carbonyl (C=O) groups excluding carboxylic acids is 1. The number of rotatable bonds is 2. The van der Waals surface area contributed by atoms with E-state index >= 15 is 0 Å². The number of hydrogen-bond acceptors (Lipinski definition) is 6. The fourth-order valence-corrected chi connectivity index (χ4v) is 1.47. The first-order chi connectivity index (χ1) is 7.34. The van der Waals surface area contributed by atoms with Crippen molar-refractivity contribution in [2.75, 3.05) is 0 Å². The number of amides is 1. The first-order valence-electron chi connectivity index (χ1n) is 4.54. The van der Waals surface area contributed by atoms with Gasteiger partial charge in [-0.3, -0.25) is 4.79 Å². The lowest BCUT2D eigenvalue weighted by Gasteiger charge is -2.39. The number of hydrogen-bond donors (Lipinski definition) is 5. The van der Waals surface area contributed by atoms with Crippen LogP contribution in [-0.4, -0.2) is 62.9 Å². The average Bonchev–Trinajstić information content (AvgIpc) is 2.17. The summed E-state index contributed by atoms with van der Waals surface area (Å²) in [6.07, 6.45) is -6.76. The Kier molecular flexibility index (Phi) is 3.81. The monoisotopic (exact) mass is 235 g/mol. The van der Waals surface area contributed by atoms with Crippen molar-refractivity contribution in [3.05, 3.63) is 0 Å². The molecule has 5 atom stereocenters. The van der Waals surface area contributed by atoms with E-state index in [1.807, 2.05) is 0 Å². The van der Waals surface area contributed by atoms with Crippen LogP contribution in [0, 0.1) is 0 Å². The number of aliphatic carboxylic acids is 1. The van der Waals surface area contributed by atoms with Crippen LogP contribution in [0.25, 0.3) is 0 Å². The molecule has 0 radical (unpaired) electrons. The van der Waals surface area contributed by atoms with E-state index in [0.717, 1.165) is 6.92 Å². The van der Waals surface area contributed by atoms with E-state index in [0.29, 0.717) is 0 Å². The largest absolute Gasteiger partial charge is 0.479 e. The topological polar surface area (TPSA) is 136 Å². The Morgan fingerprint density at radius 1 is 1.19 bits per heavy atom. The highest BCUT2D eigenvalue weighted by Crippen LogP contribution is 2.20. The molecule has 1 aliphatic rings. The van der Waals surface area contributed by atoms with Crippen LogP contribution < -0.4 is 5.32 Å². The summed E-state index contributed by atoms with van der Waals surface area (Å²) < 4.78 is 4.58. The van der Waals surface area contributed by atoms with Gasteiger partial charge in [0, 0.05) is 6.92 Å². The maximum Gasteiger partial charge on any atom is 0.335 e. The van der Waals surface area contributed by atoms with E-state index in [2.05, 4.69) is 10.1 Å². The number of aliphatic hydroxyl groups is 3. The first kappa shape index (κ1) is 12.8. The minimum Gasteiger partial charge on any atom is -0.479 e. The SMILES string of the molecule is CC(=O)N[C@@H]1[C@@H](O)[C@@H](O)[C@@H](C(=O)O)O[C@@H]1O. The van der Waals surface area contributed by atoms with E-state index in [-0.39, 0.29) is 0 Å². The number of carbonyl (C=O) groups is 2. The number of carboxylic acids is 1. The molecule has 1 rings (SSSR count). The fourth-order valence-electron chi connectivity index (χ4n) is 1.47. The summed E-state index contributed by atoms with van der Waals surface area (Å²) in [6.45, 7) is 1.15. The Labute approximate surface area is 90.5 Å². The maximum atomic E-state index is 10.7. The van der Waals surface area contributed by atoms with Crippen molar-refractivity contribution in [3.8, 4) is 0 Å². The van der Waals surface area contributed by atoms with Crippen LogP contribution in [0.5, 0.6) is 0 Å². The Morgan fingerprint density at radius 2 is 1.75 bits per heavy atom. The molecule has 1 aliphatic heterocycles. The second kappa shape index (κ2) is 4.74. The van der Waals surface area contributed by atoms with Gasteiger partial charge in [-0.1, -0.05) is 0 Å². The number of aliphatic hydroxyl groups excluding tert-OH is 3. The number of nitrogens with one attached hydrogen (secondary N) is 1. The molecule has 1 saturated heterocycles. The van der Waals surface area contributed by atoms with Crippen molar-refractivity contribution in [2.24, 2.45) is 0 Å². The van der Waals surface area contributed by atoms with E-state index in [9.17, 15) is 24.9 Å². The molecule has 1 heterocycles. The standard InChI is InChI=1S/C8H13NO7/c1-2(10)9-3-4(11)5(12)6(7(13)14)16-8(3)15/h3-6,8,11-12,15H,1H3,(H,9,10)(H,13,14)/t3-,4-,5-,6+,8+/m1/s1. The van der Waals surface area contributed by atoms with Crippen LogP contribution in [0.15, 0.2) is 0 Å². The predicted octanol–water partition coefficient (Wildman–Crippen LogP) is -2.99. The van der Waals surface area contributed by atoms with Crippen LogP contribution in [0.2, 0.25) is 0 Å². The zero-order valence-corrected chi connectivity index (χ0v) is 8.40. The molecule has 0 aromatic rings. The molecule has 1 fully saturated rings. The van der Waals surface area contributed by atoms with Crippen molar-refractivity contribution in [2.45, 2.75) is 37.6 Å². The van der Waals surface area contributed by atoms with Crippen molar-refractivity contribution < 1.29 is 34.8 Å². The molecule has 1 amide bonds. The van der Waals surface area contributed by atoms with E-state index in [4.69, 9.17) is 5.11 Å². The Morgan fingerprint density at radius 3 is 2.19 bits per heavy atom. The lowest BCUT2D eigenvalue weighted by molar-refractivity contribution is -0.249. The molecule has 0 aromatic heterocycles. The van der Waals surface area contributed by atoms with Crippen molar-refractivity contribution in [3.63, 3.8) is 0 Å². The van der Waals surface area contributed by atoms with Gasteiger partial charge in [-0.25, -0.2) is 4.79 Å². The summed E-state index contributed by atoms with van der Waals surface area (Å²) in [6, 6.07) is -1.26.